The molecular formula is C14H15NO2. The number of carboxylic acid groups (broad SMARTS) is 1. The van der Waals surface area contributed by atoms with Gasteiger partial charge >= 0.3 is 5.97 Å². The summed E-state index contributed by atoms with van der Waals surface area (Å²) >= 11 is 0. The van der Waals surface area contributed by atoms with Gasteiger partial charge < -0.3 is 5.11 Å². The molecule has 1 aliphatic carbocycles. The molecule has 0 heterocycles. The Morgan fingerprint density at radius 2 is 2.06 bits per heavy atom. The SMILES string of the molecule is N#CC1(C(=O)O)CCCCC1c1ccccc1. The Bertz CT molecular complexity index is 449. The van der Waals surface area contributed by atoms with Gasteiger partial charge in [-0.05, 0) is 18.4 Å². The molecule has 17 heavy (non-hydrogen) atoms. The van der Waals surface area contributed by atoms with Crippen molar-refractivity contribution in [2.75, 3.05) is 0 Å². The second kappa shape index (κ2) is 4.58. The Kier molecular flexibility index (Phi) is 3.14. The number of carbonyl (C=O) groups is 1. The van der Waals surface area contributed by atoms with Crippen molar-refractivity contribution in [2.45, 2.75) is 31.6 Å². The van der Waals surface area contributed by atoms with Gasteiger partial charge in [0.15, 0.2) is 5.41 Å². The van der Waals surface area contributed by atoms with Crippen LogP contribution in [0.5, 0.6) is 0 Å². The minimum atomic E-state index is -1.24. The Labute approximate surface area is 101 Å². The largest absolute Gasteiger partial charge is 0.480 e. The van der Waals surface area contributed by atoms with Crippen molar-refractivity contribution in [2.24, 2.45) is 5.41 Å². The molecule has 0 bridgehead atoms. The summed E-state index contributed by atoms with van der Waals surface area (Å²) in [6.07, 6.45) is 3.06. The fraction of sp³-hybridized carbons (Fsp3) is 0.429. The van der Waals surface area contributed by atoms with E-state index in [9.17, 15) is 15.2 Å². The van der Waals surface area contributed by atoms with Gasteiger partial charge in [-0.2, -0.15) is 5.26 Å². The van der Waals surface area contributed by atoms with E-state index >= 15 is 0 Å². The van der Waals surface area contributed by atoms with Crippen LogP contribution in [0.3, 0.4) is 0 Å². The Hall–Kier alpha value is -1.82. The monoisotopic (exact) mass is 229 g/mol. The lowest BCUT2D eigenvalue weighted by Crippen LogP contribution is -2.38. The zero-order valence-corrected chi connectivity index (χ0v) is 9.60. The smallest absolute Gasteiger partial charge is 0.324 e. The highest BCUT2D eigenvalue weighted by Crippen LogP contribution is 2.47. The summed E-state index contributed by atoms with van der Waals surface area (Å²) in [7, 11) is 0. The second-order valence-corrected chi connectivity index (χ2v) is 4.60. The van der Waals surface area contributed by atoms with E-state index in [1.54, 1.807) is 0 Å². The summed E-state index contributed by atoms with van der Waals surface area (Å²) in [6.45, 7) is 0. The number of nitriles is 1. The van der Waals surface area contributed by atoms with Gasteiger partial charge in [0.05, 0.1) is 6.07 Å². The molecule has 0 aliphatic heterocycles. The molecule has 1 aromatic carbocycles. The highest BCUT2D eigenvalue weighted by atomic mass is 16.4. The van der Waals surface area contributed by atoms with E-state index in [1.165, 1.54) is 0 Å². The molecule has 1 saturated carbocycles. The Morgan fingerprint density at radius 1 is 1.35 bits per heavy atom. The summed E-state index contributed by atoms with van der Waals surface area (Å²) in [5.74, 6) is -1.16. The molecule has 3 nitrogen and oxygen atoms in total. The molecule has 0 amide bonds. The van der Waals surface area contributed by atoms with Gasteiger partial charge in [-0.3, -0.25) is 4.79 Å². The number of rotatable bonds is 2. The van der Waals surface area contributed by atoms with Crippen LogP contribution in [0.15, 0.2) is 30.3 Å². The lowest BCUT2D eigenvalue weighted by molar-refractivity contribution is -0.148. The van der Waals surface area contributed by atoms with E-state index < -0.39 is 11.4 Å². The third-order valence-corrected chi connectivity index (χ3v) is 3.69. The van der Waals surface area contributed by atoms with Crippen LogP contribution >= 0.6 is 0 Å². The maximum Gasteiger partial charge on any atom is 0.324 e. The molecule has 0 spiro atoms. The van der Waals surface area contributed by atoms with Crippen molar-refractivity contribution < 1.29 is 9.90 Å². The van der Waals surface area contributed by atoms with Crippen molar-refractivity contribution in [3.63, 3.8) is 0 Å². The van der Waals surface area contributed by atoms with Gasteiger partial charge in [0.1, 0.15) is 0 Å². The van der Waals surface area contributed by atoms with E-state index in [0.29, 0.717) is 6.42 Å². The molecule has 1 aliphatic rings. The first-order valence-corrected chi connectivity index (χ1v) is 5.90. The minimum absolute atomic E-state index is 0.181. The van der Waals surface area contributed by atoms with Crippen LogP contribution in [-0.2, 0) is 4.79 Å². The van der Waals surface area contributed by atoms with E-state index in [2.05, 4.69) is 6.07 Å². The molecule has 0 aromatic heterocycles. The highest BCUT2D eigenvalue weighted by molar-refractivity contribution is 5.79. The molecule has 2 atom stereocenters. The predicted octanol–water partition coefficient (Wildman–Crippen LogP) is 2.94. The molecule has 88 valence electrons. The lowest BCUT2D eigenvalue weighted by atomic mass is 9.64. The van der Waals surface area contributed by atoms with Crippen molar-refractivity contribution >= 4 is 5.97 Å². The van der Waals surface area contributed by atoms with Crippen LogP contribution < -0.4 is 0 Å². The number of hydrogen-bond donors (Lipinski definition) is 1. The van der Waals surface area contributed by atoms with Crippen LogP contribution in [0.2, 0.25) is 0 Å². The van der Waals surface area contributed by atoms with Crippen LogP contribution in [-0.4, -0.2) is 11.1 Å². The van der Waals surface area contributed by atoms with Gasteiger partial charge in [-0.15, -0.1) is 0 Å². The first-order chi connectivity index (χ1) is 8.20. The first-order valence-electron chi connectivity index (χ1n) is 5.90. The molecule has 0 radical (unpaired) electrons. The molecule has 2 unspecified atom stereocenters. The van der Waals surface area contributed by atoms with Crippen molar-refractivity contribution in [1.82, 2.24) is 0 Å². The average Bonchev–Trinajstić information content (AvgIpc) is 2.39. The summed E-state index contributed by atoms with van der Waals surface area (Å²) in [5.41, 5.74) is -0.268. The van der Waals surface area contributed by atoms with Gasteiger partial charge in [0.2, 0.25) is 0 Å². The quantitative estimate of drug-likeness (QED) is 0.848. The van der Waals surface area contributed by atoms with Crippen molar-refractivity contribution in [3.05, 3.63) is 35.9 Å². The molecule has 1 aromatic rings. The van der Waals surface area contributed by atoms with Crippen LogP contribution in [0.1, 0.15) is 37.2 Å². The van der Waals surface area contributed by atoms with Crippen molar-refractivity contribution in [3.8, 4) is 6.07 Å². The van der Waals surface area contributed by atoms with Gasteiger partial charge in [0.25, 0.3) is 0 Å². The molecule has 0 saturated heterocycles. The third kappa shape index (κ3) is 1.91. The maximum atomic E-state index is 11.5. The summed E-state index contributed by atoms with van der Waals surface area (Å²) in [6, 6.07) is 11.6. The average molecular weight is 229 g/mol. The molecule has 3 heteroatoms. The topological polar surface area (TPSA) is 61.1 Å². The second-order valence-electron chi connectivity index (χ2n) is 4.60. The Balaban J connectivity index is 2.43. The van der Waals surface area contributed by atoms with E-state index in [4.69, 9.17) is 0 Å². The van der Waals surface area contributed by atoms with Gasteiger partial charge in [0, 0.05) is 5.92 Å². The minimum Gasteiger partial charge on any atom is -0.480 e. The number of aliphatic carboxylic acids is 1. The predicted molar refractivity (Wildman–Crippen MR) is 63.3 cm³/mol. The maximum absolute atomic E-state index is 11.5. The van der Waals surface area contributed by atoms with Crippen LogP contribution in [0.4, 0.5) is 0 Å². The number of benzene rings is 1. The lowest BCUT2D eigenvalue weighted by Gasteiger charge is -2.35. The zero-order valence-electron chi connectivity index (χ0n) is 9.60. The summed E-state index contributed by atoms with van der Waals surface area (Å²) < 4.78 is 0. The fourth-order valence-corrected chi connectivity index (χ4v) is 2.75. The first kappa shape index (κ1) is 11.7. The van der Waals surface area contributed by atoms with Gasteiger partial charge in [-0.1, -0.05) is 43.2 Å². The van der Waals surface area contributed by atoms with Crippen LogP contribution in [0, 0.1) is 16.7 Å². The highest BCUT2D eigenvalue weighted by Gasteiger charge is 2.48. The Morgan fingerprint density at radius 3 is 2.65 bits per heavy atom. The van der Waals surface area contributed by atoms with Gasteiger partial charge in [-0.25, -0.2) is 0 Å². The number of hydrogen-bond acceptors (Lipinski definition) is 2. The van der Waals surface area contributed by atoms with E-state index in [-0.39, 0.29) is 5.92 Å². The standard InChI is InChI=1S/C14H15NO2/c15-10-14(13(16)17)9-5-4-8-12(14)11-6-2-1-3-7-11/h1-3,6-7,12H,4-5,8-9H2,(H,16,17). The summed E-state index contributed by atoms with van der Waals surface area (Å²) in [4.78, 5) is 11.5. The molecule has 2 rings (SSSR count). The molecular weight excluding hydrogens is 214 g/mol. The van der Waals surface area contributed by atoms with E-state index in [0.717, 1.165) is 24.8 Å². The number of carboxylic acids is 1. The normalized spacial score (nSPS) is 28.3. The molecule has 1 N–H and O–H groups in total. The van der Waals surface area contributed by atoms with E-state index in [1.807, 2.05) is 30.3 Å². The van der Waals surface area contributed by atoms with Crippen LogP contribution in [0.25, 0.3) is 0 Å². The molecule has 1 fully saturated rings. The number of nitrogens with zero attached hydrogens (tertiary/aromatic N) is 1. The zero-order chi connectivity index (χ0) is 12.3. The summed E-state index contributed by atoms with van der Waals surface area (Å²) in [5, 5.41) is 18.7. The third-order valence-electron chi connectivity index (χ3n) is 3.69. The fourth-order valence-electron chi connectivity index (χ4n) is 2.75. The van der Waals surface area contributed by atoms with Crippen molar-refractivity contribution in [1.29, 1.82) is 5.26 Å².